The van der Waals surface area contributed by atoms with Crippen LogP contribution in [-0.4, -0.2) is 129 Å². The van der Waals surface area contributed by atoms with Crippen LogP contribution < -0.4 is 21.3 Å². The highest BCUT2D eigenvalue weighted by molar-refractivity contribution is 7.98. The van der Waals surface area contributed by atoms with E-state index in [9.17, 15) is 38.7 Å². The lowest BCUT2D eigenvalue weighted by atomic mass is 9.79. The molecular formula is C41H65N7O9S. The summed E-state index contributed by atoms with van der Waals surface area (Å²) in [5.74, 6) is -2.03. The number of piperidine rings is 1. The second-order valence-corrected chi connectivity index (χ2v) is 17.1. The predicted molar refractivity (Wildman–Crippen MR) is 218 cm³/mol. The SMILES string of the molecule is CCCNC(=O)[C@@H](NC(=O)[C@@H]1CCCN1C(=O)[C@H](CCSC)NC(=O)[C@@H]1CCCCN1C(=O)[C@H](CCC(=O)c1ccon1)NC(=O)C[C@H](C)C1CCCCC1)[C@@H](C)O. The van der Waals surface area contributed by atoms with E-state index in [4.69, 9.17) is 4.52 Å². The Kier molecular flexibility index (Phi) is 19.0. The largest absolute Gasteiger partial charge is 0.391 e. The van der Waals surface area contributed by atoms with Gasteiger partial charge in [-0.1, -0.05) is 51.1 Å². The van der Waals surface area contributed by atoms with Gasteiger partial charge in [0.1, 0.15) is 42.2 Å². The number of Topliss-reactive ketones (excluding diaryl/α,β-unsaturated/α-hetero) is 1. The lowest BCUT2D eigenvalue weighted by Crippen LogP contribution is -2.61. The van der Waals surface area contributed by atoms with Crippen LogP contribution in [0.5, 0.6) is 0 Å². The first-order chi connectivity index (χ1) is 27.9. The highest BCUT2D eigenvalue weighted by Gasteiger charge is 2.42. The van der Waals surface area contributed by atoms with Crippen LogP contribution in [0.4, 0.5) is 0 Å². The second kappa shape index (κ2) is 23.6. The molecule has 16 nitrogen and oxygen atoms in total. The van der Waals surface area contributed by atoms with Gasteiger partial charge in [0, 0.05) is 38.5 Å². The Morgan fingerprint density at radius 3 is 2.09 bits per heavy atom. The fourth-order valence-corrected chi connectivity index (χ4v) is 8.85. The topological polar surface area (TPSA) is 220 Å². The average molecular weight is 832 g/mol. The van der Waals surface area contributed by atoms with Gasteiger partial charge >= 0.3 is 0 Å². The Bertz CT molecular complexity index is 1540. The lowest BCUT2D eigenvalue weighted by molar-refractivity contribution is -0.147. The van der Waals surface area contributed by atoms with Gasteiger partial charge in [0.25, 0.3) is 0 Å². The molecule has 1 aliphatic carbocycles. The minimum absolute atomic E-state index is 0.00232. The summed E-state index contributed by atoms with van der Waals surface area (Å²) in [6, 6.07) is -3.65. The molecule has 324 valence electrons. The number of hydrogen-bond acceptors (Lipinski definition) is 11. The molecule has 0 radical (unpaired) electrons. The first-order valence-electron chi connectivity index (χ1n) is 21.3. The fourth-order valence-electron chi connectivity index (χ4n) is 8.38. The van der Waals surface area contributed by atoms with E-state index in [1.54, 1.807) is 0 Å². The molecule has 1 saturated carbocycles. The Morgan fingerprint density at radius 1 is 0.845 bits per heavy atom. The van der Waals surface area contributed by atoms with Crippen molar-refractivity contribution in [2.75, 3.05) is 31.6 Å². The number of likely N-dealkylation sites (tertiary alicyclic amines) is 2. The number of hydrogen-bond donors (Lipinski definition) is 5. The number of carbonyl (C=O) groups excluding carboxylic acids is 7. The van der Waals surface area contributed by atoms with Crippen LogP contribution in [0.3, 0.4) is 0 Å². The monoisotopic (exact) mass is 831 g/mol. The molecule has 3 aliphatic rings. The summed E-state index contributed by atoms with van der Waals surface area (Å²) in [5.41, 5.74) is 0.123. The summed E-state index contributed by atoms with van der Waals surface area (Å²) >= 11 is 1.50. The molecule has 3 heterocycles. The van der Waals surface area contributed by atoms with Crippen molar-refractivity contribution in [1.82, 2.24) is 36.2 Å². The first-order valence-corrected chi connectivity index (χ1v) is 22.6. The van der Waals surface area contributed by atoms with E-state index in [-0.39, 0.29) is 62.1 Å². The number of aliphatic hydroxyl groups is 1. The van der Waals surface area contributed by atoms with Crippen LogP contribution in [0.2, 0.25) is 0 Å². The number of carbonyl (C=O) groups is 7. The molecule has 4 rings (SSSR count). The molecule has 2 saturated heterocycles. The Morgan fingerprint density at radius 2 is 1.47 bits per heavy atom. The van der Waals surface area contributed by atoms with Gasteiger partial charge in [-0.25, -0.2) is 0 Å². The zero-order valence-corrected chi connectivity index (χ0v) is 35.5. The van der Waals surface area contributed by atoms with Gasteiger partial charge in [-0.15, -0.1) is 0 Å². The van der Waals surface area contributed by atoms with Crippen molar-refractivity contribution in [1.29, 1.82) is 0 Å². The van der Waals surface area contributed by atoms with Crippen molar-refractivity contribution in [3.63, 3.8) is 0 Å². The Hall–Kier alpha value is -3.99. The number of nitrogens with zero attached hydrogens (tertiary/aromatic N) is 3. The molecule has 1 aromatic heterocycles. The van der Waals surface area contributed by atoms with Crippen molar-refractivity contribution in [2.24, 2.45) is 11.8 Å². The summed E-state index contributed by atoms with van der Waals surface area (Å²) in [5, 5.41) is 25.2. The maximum absolute atomic E-state index is 14.4. The van der Waals surface area contributed by atoms with E-state index in [0.717, 1.165) is 25.7 Å². The van der Waals surface area contributed by atoms with Gasteiger partial charge in [-0.05, 0) is 82.1 Å². The van der Waals surface area contributed by atoms with Gasteiger partial charge in [0.05, 0.1) is 6.10 Å². The van der Waals surface area contributed by atoms with Gasteiger partial charge < -0.3 is 40.7 Å². The summed E-state index contributed by atoms with van der Waals surface area (Å²) in [6.07, 6.45) is 11.3. The lowest BCUT2D eigenvalue weighted by Gasteiger charge is -2.38. The molecule has 0 spiro atoms. The first kappa shape index (κ1) is 46.7. The molecule has 6 amide bonds. The number of rotatable bonds is 21. The van der Waals surface area contributed by atoms with Gasteiger partial charge in [-0.3, -0.25) is 33.6 Å². The molecule has 0 unspecified atom stereocenters. The third-order valence-electron chi connectivity index (χ3n) is 11.7. The molecule has 5 N–H and O–H groups in total. The van der Waals surface area contributed by atoms with Crippen molar-refractivity contribution in [3.05, 3.63) is 18.0 Å². The predicted octanol–water partition coefficient (Wildman–Crippen LogP) is 2.73. The summed E-state index contributed by atoms with van der Waals surface area (Å²) in [4.78, 5) is 98.4. The van der Waals surface area contributed by atoms with Crippen LogP contribution in [-0.2, 0) is 28.8 Å². The van der Waals surface area contributed by atoms with E-state index >= 15 is 0 Å². The molecule has 3 fully saturated rings. The van der Waals surface area contributed by atoms with E-state index in [1.165, 1.54) is 47.2 Å². The van der Waals surface area contributed by atoms with Crippen LogP contribution in [0.25, 0.3) is 0 Å². The molecular weight excluding hydrogens is 767 g/mol. The van der Waals surface area contributed by atoms with Crippen LogP contribution >= 0.6 is 11.8 Å². The van der Waals surface area contributed by atoms with Crippen LogP contribution in [0, 0.1) is 11.8 Å². The molecule has 17 heteroatoms. The number of aromatic nitrogens is 1. The molecule has 0 aromatic carbocycles. The standard InChI is InChI=1S/C41H65N7O9S/c1-5-20-42-39(54)36(27(3)49)45-38(53)33-15-11-22-48(33)41(56)31(19-24-58-4)44-37(52)32-14-9-10-21-47(32)40(55)30(16-17-34(50)29-18-23-57-46-29)43-35(51)25-26(2)28-12-7-6-8-13-28/h18,23,26-28,30-33,36,49H,5-17,19-22,24-25H2,1-4H3,(H,42,54)(H,43,51)(H,44,52)(H,45,53)/t26-,27+,30-,31-,32-,33-,36-/m0/s1. The molecule has 2 aliphatic heterocycles. The minimum atomic E-state index is -1.20. The Labute approximate surface area is 346 Å². The smallest absolute Gasteiger partial charge is 0.245 e. The van der Waals surface area contributed by atoms with Crippen molar-refractivity contribution < 1.29 is 43.2 Å². The van der Waals surface area contributed by atoms with E-state index < -0.39 is 65.8 Å². The fraction of sp³-hybridized carbons (Fsp3) is 0.756. The molecule has 0 bridgehead atoms. The average Bonchev–Trinajstić information content (AvgIpc) is 3.95. The third kappa shape index (κ3) is 13.3. The zero-order chi connectivity index (χ0) is 42.2. The minimum Gasteiger partial charge on any atom is -0.391 e. The van der Waals surface area contributed by atoms with Crippen LogP contribution in [0.1, 0.15) is 128 Å². The second-order valence-electron chi connectivity index (χ2n) is 16.1. The Balaban J connectivity index is 1.48. The van der Waals surface area contributed by atoms with Crippen molar-refractivity contribution in [3.8, 4) is 0 Å². The normalized spacial score (nSPS) is 21.3. The summed E-state index contributed by atoms with van der Waals surface area (Å²) < 4.78 is 4.83. The van der Waals surface area contributed by atoms with Gasteiger partial charge in [-0.2, -0.15) is 11.8 Å². The number of ketones is 1. The van der Waals surface area contributed by atoms with E-state index in [0.29, 0.717) is 56.7 Å². The molecule has 58 heavy (non-hydrogen) atoms. The number of thioether (sulfide) groups is 1. The quantitative estimate of drug-likeness (QED) is 0.113. The van der Waals surface area contributed by atoms with Gasteiger partial charge in [0.15, 0.2) is 5.78 Å². The molecule has 7 atom stereocenters. The molecule has 1 aromatic rings. The number of amides is 6. The maximum Gasteiger partial charge on any atom is 0.245 e. The number of aliphatic hydroxyl groups excluding tert-OH is 1. The zero-order valence-electron chi connectivity index (χ0n) is 34.7. The van der Waals surface area contributed by atoms with Crippen LogP contribution in [0.15, 0.2) is 16.9 Å². The summed E-state index contributed by atoms with van der Waals surface area (Å²) in [7, 11) is 0. The van der Waals surface area contributed by atoms with E-state index in [2.05, 4.69) is 33.3 Å². The maximum atomic E-state index is 14.4. The number of nitrogens with one attached hydrogen (secondary N) is 4. The highest BCUT2D eigenvalue weighted by Crippen LogP contribution is 2.31. The van der Waals surface area contributed by atoms with Gasteiger partial charge in [0.2, 0.25) is 35.4 Å². The summed E-state index contributed by atoms with van der Waals surface area (Å²) in [6.45, 7) is 6.27. The van der Waals surface area contributed by atoms with E-state index in [1.807, 2.05) is 13.2 Å². The van der Waals surface area contributed by atoms with Crippen molar-refractivity contribution >= 4 is 53.0 Å². The third-order valence-corrected chi connectivity index (χ3v) is 12.4. The highest BCUT2D eigenvalue weighted by atomic mass is 32.2. The van der Waals surface area contributed by atoms with Crippen molar-refractivity contribution in [2.45, 2.75) is 153 Å².